The van der Waals surface area contributed by atoms with E-state index in [2.05, 4.69) is 0 Å². The van der Waals surface area contributed by atoms with Crippen molar-refractivity contribution in [1.82, 2.24) is 4.90 Å². The Morgan fingerprint density at radius 1 is 1.44 bits per heavy atom. The third kappa shape index (κ3) is 2.39. The lowest BCUT2D eigenvalue weighted by Gasteiger charge is -2.10. The predicted octanol–water partition coefficient (Wildman–Crippen LogP) is 1.47. The molecule has 0 aromatic heterocycles. The molecule has 1 fully saturated rings. The minimum Gasteiger partial charge on any atom is -0.345 e. The summed E-state index contributed by atoms with van der Waals surface area (Å²) in [6.07, 6.45) is 0.943. The second-order valence-electron chi connectivity index (χ2n) is 4.00. The van der Waals surface area contributed by atoms with E-state index in [0.717, 1.165) is 23.4 Å². The summed E-state index contributed by atoms with van der Waals surface area (Å²) in [5, 5.41) is 0.0914. The molecule has 16 heavy (non-hydrogen) atoms. The van der Waals surface area contributed by atoms with Crippen LogP contribution >= 0.6 is 11.8 Å². The molecule has 1 atom stereocenters. The van der Waals surface area contributed by atoms with Crippen molar-refractivity contribution in [2.24, 2.45) is 5.73 Å². The highest BCUT2D eigenvalue weighted by molar-refractivity contribution is 8.00. The van der Waals surface area contributed by atoms with E-state index in [4.69, 9.17) is 5.73 Å². The Morgan fingerprint density at radius 3 is 2.62 bits per heavy atom. The summed E-state index contributed by atoms with van der Waals surface area (Å²) < 4.78 is 0. The van der Waals surface area contributed by atoms with Crippen LogP contribution in [0, 0.1) is 0 Å². The molecule has 1 aromatic rings. The van der Waals surface area contributed by atoms with Crippen LogP contribution in [-0.2, 0) is 11.3 Å². The highest BCUT2D eigenvalue weighted by Gasteiger charge is 2.29. The van der Waals surface area contributed by atoms with Gasteiger partial charge in [0.05, 0.1) is 5.25 Å². The van der Waals surface area contributed by atoms with Gasteiger partial charge in [0.2, 0.25) is 5.91 Å². The average molecular weight is 236 g/mol. The second kappa shape index (κ2) is 4.89. The monoisotopic (exact) mass is 236 g/mol. The summed E-state index contributed by atoms with van der Waals surface area (Å²) in [4.78, 5) is 14.7. The Kier molecular flexibility index (Phi) is 3.51. The van der Waals surface area contributed by atoms with Gasteiger partial charge in [0.1, 0.15) is 0 Å². The molecule has 0 bridgehead atoms. The van der Waals surface area contributed by atoms with Gasteiger partial charge in [0.15, 0.2) is 0 Å². The highest BCUT2D eigenvalue weighted by Crippen LogP contribution is 2.30. The van der Waals surface area contributed by atoms with Crippen molar-refractivity contribution < 1.29 is 4.79 Å². The number of amides is 1. The van der Waals surface area contributed by atoms with Crippen LogP contribution in [0.1, 0.15) is 12.0 Å². The molecule has 0 aliphatic carbocycles. The Balaban J connectivity index is 2.01. The molecule has 1 saturated heterocycles. The molecule has 1 amide bonds. The van der Waals surface area contributed by atoms with Crippen LogP contribution in [0.15, 0.2) is 29.2 Å². The Bertz CT molecular complexity index is 377. The third-order valence-electron chi connectivity index (χ3n) is 2.82. The van der Waals surface area contributed by atoms with E-state index in [1.54, 1.807) is 16.7 Å². The summed E-state index contributed by atoms with van der Waals surface area (Å²) in [6.45, 7) is 1.44. The lowest BCUT2D eigenvalue weighted by molar-refractivity contribution is -0.126. The lowest BCUT2D eigenvalue weighted by atomic mass is 10.2. The lowest BCUT2D eigenvalue weighted by Crippen LogP contribution is -2.23. The molecule has 0 radical (unpaired) electrons. The number of benzene rings is 1. The Hall–Kier alpha value is -1.00. The Morgan fingerprint density at radius 2 is 2.12 bits per heavy atom. The van der Waals surface area contributed by atoms with Crippen molar-refractivity contribution in [3.63, 3.8) is 0 Å². The molecule has 1 aromatic carbocycles. The van der Waals surface area contributed by atoms with E-state index in [1.807, 2.05) is 31.3 Å². The standard InChI is InChI=1S/C12H16N2OS/c1-14-7-6-11(12(14)15)16-10-4-2-9(8-13)3-5-10/h2-5,11H,6-8,13H2,1H3. The van der Waals surface area contributed by atoms with Gasteiger partial charge < -0.3 is 10.6 Å². The number of carbonyl (C=O) groups excluding carboxylic acids is 1. The normalized spacial score (nSPS) is 20.5. The van der Waals surface area contributed by atoms with Gasteiger partial charge in [-0.05, 0) is 24.1 Å². The highest BCUT2D eigenvalue weighted by atomic mass is 32.2. The molecular weight excluding hydrogens is 220 g/mol. The number of nitrogens with two attached hydrogens (primary N) is 1. The van der Waals surface area contributed by atoms with Gasteiger partial charge in [0.25, 0.3) is 0 Å². The number of hydrogen-bond donors (Lipinski definition) is 1. The van der Waals surface area contributed by atoms with Gasteiger partial charge in [-0.25, -0.2) is 0 Å². The topological polar surface area (TPSA) is 46.3 Å². The van der Waals surface area contributed by atoms with E-state index < -0.39 is 0 Å². The van der Waals surface area contributed by atoms with Gasteiger partial charge in [-0.3, -0.25) is 4.79 Å². The molecule has 1 unspecified atom stereocenters. The van der Waals surface area contributed by atoms with Gasteiger partial charge in [-0.2, -0.15) is 0 Å². The molecule has 2 rings (SSSR count). The summed E-state index contributed by atoms with van der Waals surface area (Å²) in [7, 11) is 1.86. The van der Waals surface area contributed by atoms with Gasteiger partial charge in [-0.1, -0.05) is 12.1 Å². The van der Waals surface area contributed by atoms with Crippen molar-refractivity contribution in [3.05, 3.63) is 29.8 Å². The first-order valence-corrected chi connectivity index (χ1v) is 6.29. The van der Waals surface area contributed by atoms with Crippen LogP contribution in [0.2, 0.25) is 0 Å². The summed E-state index contributed by atoms with van der Waals surface area (Å²) in [5.74, 6) is 0.243. The molecule has 0 spiro atoms. The average Bonchev–Trinajstić information content (AvgIpc) is 2.62. The van der Waals surface area contributed by atoms with E-state index in [1.165, 1.54) is 0 Å². The third-order valence-corrected chi connectivity index (χ3v) is 4.08. The quantitative estimate of drug-likeness (QED) is 0.864. The zero-order valence-electron chi connectivity index (χ0n) is 9.35. The number of likely N-dealkylation sites (tertiary alicyclic amines) is 1. The van der Waals surface area contributed by atoms with Crippen molar-refractivity contribution in [3.8, 4) is 0 Å². The number of nitrogens with zero attached hydrogens (tertiary/aromatic N) is 1. The molecule has 2 N–H and O–H groups in total. The van der Waals surface area contributed by atoms with Gasteiger partial charge in [-0.15, -0.1) is 11.8 Å². The van der Waals surface area contributed by atoms with Gasteiger partial charge >= 0.3 is 0 Å². The van der Waals surface area contributed by atoms with Crippen LogP contribution in [-0.4, -0.2) is 29.6 Å². The molecule has 86 valence electrons. The molecule has 1 aliphatic heterocycles. The van der Waals surface area contributed by atoms with Crippen LogP contribution in [0.3, 0.4) is 0 Å². The van der Waals surface area contributed by atoms with E-state index in [0.29, 0.717) is 6.54 Å². The second-order valence-corrected chi connectivity index (χ2v) is 5.28. The van der Waals surface area contributed by atoms with E-state index in [9.17, 15) is 4.79 Å². The van der Waals surface area contributed by atoms with E-state index in [-0.39, 0.29) is 11.2 Å². The van der Waals surface area contributed by atoms with Gasteiger partial charge in [0, 0.05) is 25.0 Å². The predicted molar refractivity (Wildman–Crippen MR) is 66.2 cm³/mol. The molecule has 1 heterocycles. The number of hydrogen-bond acceptors (Lipinski definition) is 3. The fourth-order valence-corrected chi connectivity index (χ4v) is 2.89. The fourth-order valence-electron chi connectivity index (χ4n) is 1.77. The Labute approximate surface area is 100.0 Å². The molecule has 3 nitrogen and oxygen atoms in total. The summed E-state index contributed by atoms with van der Waals surface area (Å²) >= 11 is 1.65. The number of rotatable bonds is 3. The van der Waals surface area contributed by atoms with Crippen molar-refractivity contribution >= 4 is 17.7 Å². The first-order valence-electron chi connectivity index (χ1n) is 5.41. The minimum atomic E-state index is 0.0914. The van der Waals surface area contributed by atoms with Crippen LogP contribution < -0.4 is 5.73 Å². The zero-order chi connectivity index (χ0) is 11.5. The fraction of sp³-hybridized carbons (Fsp3) is 0.417. The molecule has 1 aliphatic rings. The minimum absolute atomic E-state index is 0.0914. The first kappa shape index (κ1) is 11.5. The summed E-state index contributed by atoms with van der Waals surface area (Å²) in [5.41, 5.74) is 6.66. The van der Waals surface area contributed by atoms with E-state index >= 15 is 0 Å². The summed E-state index contributed by atoms with van der Waals surface area (Å²) in [6, 6.07) is 8.12. The number of carbonyl (C=O) groups is 1. The maximum atomic E-state index is 11.7. The maximum absolute atomic E-state index is 11.7. The smallest absolute Gasteiger partial charge is 0.235 e. The van der Waals surface area contributed by atoms with Crippen LogP contribution in [0.5, 0.6) is 0 Å². The zero-order valence-corrected chi connectivity index (χ0v) is 10.2. The van der Waals surface area contributed by atoms with Crippen molar-refractivity contribution in [2.45, 2.75) is 23.1 Å². The maximum Gasteiger partial charge on any atom is 0.235 e. The number of thioether (sulfide) groups is 1. The van der Waals surface area contributed by atoms with Crippen molar-refractivity contribution in [1.29, 1.82) is 0 Å². The first-order chi connectivity index (χ1) is 7.70. The SMILES string of the molecule is CN1CCC(Sc2ccc(CN)cc2)C1=O. The van der Waals surface area contributed by atoms with Crippen molar-refractivity contribution in [2.75, 3.05) is 13.6 Å². The molecule has 4 heteroatoms. The molecular formula is C12H16N2OS. The van der Waals surface area contributed by atoms with Crippen LogP contribution in [0.25, 0.3) is 0 Å². The largest absolute Gasteiger partial charge is 0.345 e. The van der Waals surface area contributed by atoms with Crippen LogP contribution in [0.4, 0.5) is 0 Å². The molecule has 0 saturated carbocycles.